The number of nitrogens with zero attached hydrogens (tertiary/aromatic N) is 2. The second kappa shape index (κ2) is 5.64. The van der Waals surface area contributed by atoms with E-state index in [9.17, 15) is 8.42 Å². The Balaban J connectivity index is 1.90. The highest BCUT2D eigenvalue weighted by Crippen LogP contribution is 2.14. The molecule has 2 rings (SSSR count). The molecule has 0 amide bonds. The topological polar surface area (TPSA) is 98.0 Å². The molecule has 19 heavy (non-hydrogen) atoms. The minimum absolute atomic E-state index is 0.129. The Hall–Kier alpha value is -1.51. The van der Waals surface area contributed by atoms with Gasteiger partial charge in [0.15, 0.2) is 0 Å². The molecule has 102 valence electrons. The summed E-state index contributed by atoms with van der Waals surface area (Å²) in [5.41, 5.74) is 1.03. The molecular weight excluding hydrogens is 284 g/mol. The molecule has 0 bridgehead atoms. The Morgan fingerprint density at radius 2 is 1.95 bits per heavy atom. The molecule has 0 unspecified atom stereocenters. The van der Waals surface area contributed by atoms with Gasteiger partial charge >= 0.3 is 0 Å². The van der Waals surface area contributed by atoms with E-state index in [1.807, 2.05) is 6.92 Å². The zero-order chi connectivity index (χ0) is 13.9. The van der Waals surface area contributed by atoms with Crippen LogP contribution in [0.4, 0.5) is 5.13 Å². The quantitative estimate of drug-likeness (QED) is 0.863. The molecule has 1 heterocycles. The first-order valence-corrected chi connectivity index (χ1v) is 7.97. The number of rotatable bonds is 5. The third-order valence-electron chi connectivity index (χ3n) is 2.47. The number of nitrogens with one attached hydrogen (secondary N) is 1. The van der Waals surface area contributed by atoms with E-state index in [0.29, 0.717) is 6.54 Å². The molecule has 0 spiro atoms. The Kier molecular flexibility index (Phi) is 4.13. The number of nitrogens with two attached hydrogens (primary N) is 1. The number of benzene rings is 1. The number of primary sulfonamides is 1. The Bertz CT molecular complexity index is 650. The minimum atomic E-state index is -3.61. The molecule has 8 heteroatoms. The summed E-state index contributed by atoms with van der Waals surface area (Å²) in [4.78, 5) is 0.129. The van der Waals surface area contributed by atoms with Crippen molar-refractivity contribution >= 4 is 26.5 Å². The van der Waals surface area contributed by atoms with Crippen LogP contribution in [0.25, 0.3) is 0 Å². The highest BCUT2D eigenvalue weighted by Gasteiger charge is 2.06. The number of hydrogen-bond acceptors (Lipinski definition) is 6. The number of hydrogen-bond donors (Lipinski definition) is 2. The molecule has 0 atom stereocenters. The highest BCUT2D eigenvalue weighted by molar-refractivity contribution is 7.89. The van der Waals surface area contributed by atoms with Gasteiger partial charge in [0.2, 0.25) is 15.2 Å². The predicted octanol–water partition coefficient (Wildman–Crippen LogP) is 1.15. The molecule has 0 saturated heterocycles. The molecule has 0 aliphatic heterocycles. The van der Waals surface area contributed by atoms with Crippen molar-refractivity contribution in [1.29, 1.82) is 0 Å². The van der Waals surface area contributed by atoms with Crippen LogP contribution in [-0.4, -0.2) is 25.2 Å². The average Bonchev–Trinajstić information content (AvgIpc) is 2.75. The molecule has 3 N–H and O–H groups in total. The first-order valence-electron chi connectivity index (χ1n) is 5.61. The standard InChI is InChI=1S/C11H14N4O2S2/c1-8-14-15-11(18-8)13-7-6-9-2-4-10(5-3-9)19(12,16)17/h2-5H,6-7H2,1H3,(H,13,15)(H2,12,16,17). The maximum absolute atomic E-state index is 11.1. The first-order chi connectivity index (χ1) is 8.95. The predicted molar refractivity (Wildman–Crippen MR) is 74.7 cm³/mol. The van der Waals surface area contributed by atoms with Gasteiger partial charge in [-0.1, -0.05) is 23.5 Å². The van der Waals surface area contributed by atoms with Crippen LogP contribution in [-0.2, 0) is 16.4 Å². The lowest BCUT2D eigenvalue weighted by molar-refractivity contribution is 0.598. The van der Waals surface area contributed by atoms with E-state index in [0.717, 1.165) is 22.1 Å². The van der Waals surface area contributed by atoms with Gasteiger partial charge in [-0.25, -0.2) is 13.6 Å². The molecule has 1 aromatic heterocycles. The van der Waals surface area contributed by atoms with E-state index in [2.05, 4.69) is 15.5 Å². The summed E-state index contributed by atoms with van der Waals surface area (Å²) >= 11 is 1.50. The zero-order valence-electron chi connectivity index (χ0n) is 10.3. The largest absolute Gasteiger partial charge is 0.360 e. The van der Waals surface area contributed by atoms with Gasteiger partial charge < -0.3 is 5.32 Å². The summed E-state index contributed by atoms with van der Waals surface area (Å²) in [7, 11) is -3.61. The van der Waals surface area contributed by atoms with Gasteiger partial charge in [-0.15, -0.1) is 10.2 Å². The fourth-order valence-corrected chi connectivity index (χ4v) is 2.66. The minimum Gasteiger partial charge on any atom is -0.360 e. The van der Waals surface area contributed by atoms with Crippen molar-refractivity contribution in [2.45, 2.75) is 18.2 Å². The zero-order valence-corrected chi connectivity index (χ0v) is 12.0. The second-order valence-electron chi connectivity index (χ2n) is 3.99. The summed E-state index contributed by atoms with van der Waals surface area (Å²) in [5.74, 6) is 0. The van der Waals surface area contributed by atoms with Crippen molar-refractivity contribution in [1.82, 2.24) is 10.2 Å². The lowest BCUT2D eigenvalue weighted by Gasteiger charge is -2.03. The lowest BCUT2D eigenvalue weighted by Crippen LogP contribution is -2.12. The third kappa shape index (κ3) is 3.98. The van der Waals surface area contributed by atoms with E-state index in [1.54, 1.807) is 12.1 Å². The van der Waals surface area contributed by atoms with Crippen molar-refractivity contribution < 1.29 is 8.42 Å². The van der Waals surface area contributed by atoms with E-state index in [4.69, 9.17) is 5.14 Å². The van der Waals surface area contributed by atoms with E-state index in [1.165, 1.54) is 23.5 Å². The molecule has 6 nitrogen and oxygen atoms in total. The highest BCUT2D eigenvalue weighted by atomic mass is 32.2. The summed E-state index contributed by atoms with van der Waals surface area (Å²) < 4.78 is 22.2. The van der Waals surface area contributed by atoms with Crippen LogP contribution in [0, 0.1) is 6.92 Å². The van der Waals surface area contributed by atoms with Gasteiger partial charge in [0.05, 0.1) is 4.90 Å². The number of aromatic nitrogens is 2. The van der Waals surface area contributed by atoms with Gasteiger partial charge in [-0.3, -0.25) is 0 Å². The fourth-order valence-electron chi connectivity index (χ4n) is 1.53. The number of sulfonamides is 1. The Morgan fingerprint density at radius 3 is 2.47 bits per heavy atom. The van der Waals surface area contributed by atoms with Crippen LogP contribution in [0.15, 0.2) is 29.2 Å². The van der Waals surface area contributed by atoms with Gasteiger partial charge in [-0.05, 0) is 31.0 Å². The van der Waals surface area contributed by atoms with Crippen LogP contribution in [0.5, 0.6) is 0 Å². The number of anilines is 1. The molecule has 0 aliphatic rings. The normalized spacial score (nSPS) is 11.5. The second-order valence-corrected chi connectivity index (χ2v) is 6.74. The van der Waals surface area contributed by atoms with Gasteiger partial charge in [0.25, 0.3) is 0 Å². The maximum Gasteiger partial charge on any atom is 0.238 e. The Morgan fingerprint density at radius 1 is 1.26 bits per heavy atom. The van der Waals surface area contributed by atoms with Crippen LogP contribution in [0.1, 0.15) is 10.6 Å². The lowest BCUT2D eigenvalue weighted by atomic mass is 10.1. The van der Waals surface area contributed by atoms with Crippen molar-refractivity contribution in [3.8, 4) is 0 Å². The SMILES string of the molecule is Cc1nnc(NCCc2ccc(S(N)(=O)=O)cc2)s1. The smallest absolute Gasteiger partial charge is 0.238 e. The maximum atomic E-state index is 11.1. The van der Waals surface area contributed by atoms with Crippen LogP contribution < -0.4 is 10.5 Å². The summed E-state index contributed by atoms with van der Waals surface area (Å²) in [6.45, 7) is 2.61. The fraction of sp³-hybridized carbons (Fsp3) is 0.273. The van der Waals surface area contributed by atoms with Gasteiger partial charge in [0.1, 0.15) is 5.01 Å². The monoisotopic (exact) mass is 298 g/mol. The van der Waals surface area contributed by atoms with Crippen LogP contribution >= 0.6 is 11.3 Å². The van der Waals surface area contributed by atoms with E-state index < -0.39 is 10.0 Å². The van der Waals surface area contributed by atoms with Crippen molar-refractivity contribution in [3.63, 3.8) is 0 Å². The van der Waals surface area contributed by atoms with E-state index >= 15 is 0 Å². The molecule has 0 radical (unpaired) electrons. The Labute approximate surface area is 115 Å². The van der Waals surface area contributed by atoms with Crippen molar-refractivity contribution in [3.05, 3.63) is 34.8 Å². The first kappa shape index (κ1) is 13.9. The third-order valence-corrected chi connectivity index (χ3v) is 4.19. The molecule has 2 aromatic rings. The molecule has 0 aliphatic carbocycles. The van der Waals surface area contributed by atoms with Gasteiger partial charge in [-0.2, -0.15) is 0 Å². The van der Waals surface area contributed by atoms with Gasteiger partial charge in [0, 0.05) is 6.54 Å². The van der Waals surface area contributed by atoms with Crippen LogP contribution in [0.3, 0.4) is 0 Å². The molecule has 0 saturated carbocycles. The molecule has 0 fully saturated rings. The molecular formula is C11H14N4O2S2. The summed E-state index contributed by atoms with van der Waals surface area (Å²) in [6.07, 6.45) is 0.767. The van der Waals surface area contributed by atoms with Crippen molar-refractivity contribution in [2.75, 3.05) is 11.9 Å². The average molecular weight is 298 g/mol. The summed E-state index contributed by atoms with van der Waals surface area (Å²) in [6, 6.07) is 6.54. The van der Waals surface area contributed by atoms with Crippen molar-refractivity contribution in [2.24, 2.45) is 5.14 Å². The van der Waals surface area contributed by atoms with Crippen LogP contribution in [0.2, 0.25) is 0 Å². The van der Waals surface area contributed by atoms with E-state index in [-0.39, 0.29) is 4.90 Å². The number of aryl methyl sites for hydroxylation is 1. The summed E-state index contributed by atoms with van der Waals surface area (Å²) in [5, 5.41) is 17.8. The molecule has 1 aromatic carbocycles.